The lowest BCUT2D eigenvalue weighted by Crippen LogP contribution is -2.36. The van der Waals surface area contributed by atoms with E-state index in [1.54, 1.807) is 6.07 Å². The molecule has 8 heteroatoms. The fraction of sp³-hybridized carbons (Fsp3) is 0.421. The van der Waals surface area contributed by atoms with Gasteiger partial charge in [0.25, 0.3) is 5.91 Å². The van der Waals surface area contributed by atoms with E-state index >= 15 is 0 Å². The van der Waals surface area contributed by atoms with Crippen molar-refractivity contribution in [1.82, 2.24) is 15.3 Å². The van der Waals surface area contributed by atoms with Gasteiger partial charge in [0.2, 0.25) is 0 Å². The van der Waals surface area contributed by atoms with Gasteiger partial charge in [-0.25, -0.2) is 18.4 Å². The van der Waals surface area contributed by atoms with Gasteiger partial charge in [-0.05, 0) is 30.4 Å². The summed E-state index contributed by atoms with van der Waals surface area (Å²) in [7, 11) is -3.05. The van der Waals surface area contributed by atoms with Crippen LogP contribution in [0, 0.1) is 0 Å². The summed E-state index contributed by atoms with van der Waals surface area (Å²) < 4.78 is 23.1. The number of carbonyl (C=O) groups is 1. The Labute approximate surface area is 159 Å². The Kier molecular flexibility index (Phi) is 5.74. The van der Waals surface area contributed by atoms with Gasteiger partial charge in [-0.1, -0.05) is 32.0 Å². The molecular formula is C19H24N4O3S. The predicted octanol–water partition coefficient (Wildman–Crippen LogP) is 2.26. The van der Waals surface area contributed by atoms with Gasteiger partial charge in [0.15, 0.2) is 9.84 Å². The summed E-state index contributed by atoms with van der Waals surface area (Å²) in [5.41, 5.74) is 3.57. The third kappa shape index (κ3) is 4.63. The Morgan fingerprint density at radius 2 is 1.89 bits per heavy atom. The van der Waals surface area contributed by atoms with Crippen LogP contribution in [0.1, 0.15) is 41.9 Å². The molecule has 27 heavy (non-hydrogen) atoms. The minimum Gasteiger partial charge on any atom is -0.347 e. The highest BCUT2D eigenvalue weighted by molar-refractivity contribution is 7.91. The summed E-state index contributed by atoms with van der Waals surface area (Å²) in [6, 6.07) is 7.40. The molecule has 3 rings (SSSR count). The zero-order valence-electron chi connectivity index (χ0n) is 15.5. The molecule has 1 aliphatic rings. The van der Waals surface area contributed by atoms with Crippen molar-refractivity contribution in [3.05, 3.63) is 47.4 Å². The second-order valence-corrected chi connectivity index (χ2v) is 8.87. The lowest BCUT2D eigenvalue weighted by Gasteiger charge is -2.15. The first-order valence-electron chi connectivity index (χ1n) is 9.13. The van der Waals surface area contributed by atoms with Gasteiger partial charge in [0.05, 0.1) is 11.5 Å². The van der Waals surface area contributed by atoms with Crippen molar-refractivity contribution in [2.24, 2.45) is 0 Å². The molecule has 2 aromatic rings. The van der Waals surface area contributed by atoms with Crippen molar-refractivity contribution >= 4 is 27.2 Å². The molecule has 0 spiro atoms. The molecule has 1 aromatic heterocycles. The highest BCUT2D eigenvalue weighted by atomic mass is 32.2. The van der Waals surface area contributed by atoms with E-state index < -0.39 is 9.84 Å². The molecule has 0 aliphatic carbocycles. The van der Waals surface area contributed by atoms with Crippen molar-refractivity contribution in [3.63, 3.8) is 0 Å². The van der Waals surface area contributed by atoms with Gasteiger partial charge in [0.1, 0.15) is 17.8 Å². The Hall–Kier alpha value is -2.48. The Morgan fingerprint density at radius 1 is 1.19 bits per heavy atom. The monoisotopic (exact) mass is 388 g/mol. The average Bonchev–Trinajstić information content (AvgIpc) is 3.00. The Balaban J connectivity index is 1.77. The molecule has 0 bridgehead atoms. The van der Waals surface area contributed by atoms with Crippen LogP contribution in [-0.2, 0) is 22.7 Å². The number of anilines is 2. The zero-order valence-corrected chi connectivity index (χ0v) is 16.3. The Morgan fingerprint density at radius 3 is 2.48 bits per heavy atom. The minimum atomic E-state index is -3.05. The summed E-state index contributed by atoms with van der Waals surface area (Å²) in [5.74, 6) is 0.243. The number of amides is 1. The number of hydrogen-bond donors (Lipinski definition) is 2. The first-order chi connectivity index (χ1) is 12.9. The van der Waals surface area contributed by atoms with E-state index in [9.17, 15) is 13.2 Å². The SMILES string of the molecule is CCc1cccc(CC)c1Nc1cc(C(=O)NC2CCS(=O)(=O)C2)ncn1. The first-order valence-corrected chi connectivity index (χ1v) is 10.9. The highest BCUT2D eigenvalue weighted by Crippen LogP contribution is 2.25. The molecule has 144 valence electrons. The van der Waals surface area contributed by atoms with Gasteiger partial charge in [0, 0.05) is 17.8 Å². The van der Waals surface area contributed by atoms with Gasteiger partial charge in [-0.15, -0.1) is 0 Å². The maximum absolute atomic E-state index is 12.4. The van der Waals surface area contributed by atoms with Crippen molar-refractivity contribution in [3.8, 4) is 0 Å². The molecule has 0 saturated carbocycles. The van der Waals surface area contributed by atoms with Crippen LogP contribution < -0.4 is 10.6 Å². The number of carbonyl (C=O) groups excluding carboxylic acids is 1. The maximum atomic E-state index is 12.4. The van der Waals surface area contributed by atoms with E-state index in [4.69, 9.17) is 0 Å². The number of aromatic nitrogens is 2. The predicted molar refractivity (Wildman–Crippen MR) is 105 cm³/mol. The number of rotatable bonds is 6. The third-order valence-corrected chi connectivity index (χ3v) is 6.49. The summed E-state index contributed by atoms with van der Waals surface area (Å²) in [4.78, 5) is 20.7. The van der Waals surface area contributed by atoms with E-state index in [0.29, 0.717) is 12.2 Å². The van der Waals surface area contributed by atoms with Crippen molar-refractivity contribution in [2.45, 2.75) is 39.2 Å². The van der Waals surface area contributed by atoms with Crippen LogP contribution in [0.3, 0.4) is 0 Å². The molecule has 0 radical (unpaired) electrons. The van der Waals surface area contributed by atoms with Crippen LogP contribution in [0.25, 0.3) is 0 Å². The second kappa shape index (κ2) is 8.04. The molecule has 1 amide bonds. The summed E-state index contributed by atoms with van der Waals surface area (Å²) in [5, 5.41) is 6.07. The fourth-order valence-corrected chi connectivity index (χ4v) is 4.92. The second-order valence-electron chi connectivity index (χ2n) is 6.65. The molecule has 1 saturated heterocycles. The van der Waals surface area contributed by atoms with Crippen molar-refractivity contribution < 1.29 is 13.2 Å². The van der Waals surface area contributed by atoms with Gasteiger partial charge >= 0.3 is 0 Å². The number of hydrogen-bond acceptors (Lipinski definition) is 6. The van der Waals surface area contributed by atoms with E-state index in [-0.39, 0.29) is 29.1 Å². The fourth-order valence-electron chi connectivity index (χ4n) is 3.25. The van der Waals surface area contributed by atoms with Crippen LogP contribution in [0.4, 0.5) is 11.5 Å². The summed E-state index contributed by atoms with van der Waals surface area (Å²) in [6.07, 6.45) is 3.53. The van der Waals surface area contributed by atoms with Crippen LogP contribution in [0.5, 0.6) is 0 Å². The third-order valence-electron chi connectivity index (χ3n) is 4.72. The summed E-state index contributed by atoms with van der Waals surface area (Å²) in [6.45, 7) is 4.18. The quantitative estimate of drug-likeness (QED) is 0.787. The largest absolute Gasteiger partial charge is 0.347 e. The lowest BCUT2D eigenvalue weighted by atomic mass is 10.0. The van der Waals surface area contributed by atoms with Crippen LogP contribution in [-0.4, -0.2) is 41.8 Å². The Bertz CT molecular complexity index is 921. The van der Waals surface area contributed by atoms with E-state index in [2.05, 4.69) is 46.6 Å². The molecular weight excluding hydrogens is 364 g/mol. The zero-order chi connectivity index (χ0) is 19.4. The molecule has 1 fully saturated rings. The van der Waals surface area contributed by atoms with Gasteiger partial charge < -0.3 is 10.6 Å². The molecule has 1 aromatic carbocycles. The normalized spacial score (nSPS) is 18.2. The summed E-state index contributed by atoms with van der Waals surface area (Å²) >= 11 is 0. The van der Waals surface area contributed by atoms with Crippen LogP contribution in [0.15, 0.2) is 30.6 Å². The van der Waals surface area contributed by atoms with Gasteiger partial charge in [-0.3, -0.25) is 4.79 Å². The average molecular weight is 388 g/mol. The van der Waals surface area contributed by atoms with Crippen molar-refractivity contribution in [2.75, 3.05) is 16.8 Å². The number of nitrogens with one attached hydrogen (secondary N) is 2. The van der Waals surface area contributed by atoms with E-state index in [1.807, 2.05) is 6.07 Å². The van der Waals surface area contributed by atoms with Crippen LogP contribution in [0.2, 0.25) is 0 Å². The molecule has 2 N–H and O–H groups in total. The van der Waals surface area contributed by atoms with E-state index in [1.165, 1.54) is 17.5 Å². The van der Waals surface area contributed by atoms with E-state index in [0.717, 1.165) is 18.5 Å². The minimum absolute atomic E-state index is 0.0152. The molecule has 7 nitrogen and oxygen atoms in total. The first kappa shape index (κ1) is 19.3. The molecule has 1 atom stereocenters. The number of para-hydroxylation sites is 1. The topological polar surface area (TPSA) is 101 Å². The van der Waals surface area contributed by atoms with Crippen molar-refractivity contribution in [1.29, 1.82) is 0 Å². The number of benzene rings is 1. The molecule has 1 aliphatic heterocycles. The van der Waals surface area contributed by atoms with Crippen LogP contribution >= 0.6 is 0 Å². The maximum Gasteiger partial charge on any atom is 0.270 e. The standard InChI is InChI=1S/C19H24N4O3S/c1-3-13-6-5-7-14(4-2)18(13)23-17-10-16(20-12-21-17)19(24)22-15-8-9-27(25,26)11-15/h5-7,10,12,15H,3-4,8-9,11H2,1-2H3,(H,22,24)(H,20,21,23). The number of nitrogens with zero attached hydrogens (tertiary/aromatic N) is 2. The van der Waals surface area contributed by atoms with Gasteiger partial charge in [-0.2, -0.15) is 0 Å². The lowest BCUT2D eigenvalue weighted by molar-refractivity contribution is 0.0936. The number of aryl methyl sites for hydroxylation is 2. The molecule has 2 heterocycles. The molecule has 1 unspecified atom stereocenters. The smallest absolute Gasteiger partial charge is 0.270 e. The number of sulfone groups is 1. The highest BCUT2D eigenvalue weighted by Gasteiger charge is 2.29.